The highest BCUT2D eigenvalue weighted by Gasteiger charge is 2.53. The molecule has 5 N–H and O–H groups in total. The molecule has 0 bridgehead atoms. The fraction of sp³-hybridized carbons (Fsp3) is 0.500. The lowest BCUT2D eigenvalue weighted by Crippen LogP contribution is -2.60. The number of rotatable bonds is 6. The largest absolute Gasteiger partial charge is 0.440 e. The smallest absolute Gasteiger partial charge is 0.405 e. The van der Waals surface area contributed by atoms with Gasteiger partial charge in [-0.25, -0.2) is 9.59 Å². The van der Waals surface area contributed by atoms with Crippen LogP contribution in [-0.2, 0) is 15.9 Å². The van der Waals surface area contributed by atoms with Crippen molar-refractivity contribution in [2.75, 3.05) is 6.61 Å². The lowest BCUT2D eigenvalue weighted by Gasteiger charge is -2.47. The lowest BCUT2D eigenvalue weighted by molar-refractivity contribution is -0.153. The lowest BCUT2D eigenvalue weighted by atomic mass is 9.69. The average Bonchev–Trinajstić information content (AvgIpc) is 2.43. The van der Waals surface area contributed by atoms with Crippen molar-refractivity contribution in [1.29, 1.82) is 0 Å². The third-order valence-electron chi connectivity index (χ3n) is 3.81. The molecule has 0 aliphatic heterocycles. The van der Waals surface area contributed by atoms with E-state index in [0.29, 0.717) is 0 Å². The molecule has 0 spiro atoms. The number of benzene rings is 1. The van der Waals surface area contributed by atoms with E-state index in [4.69, 9.17) is 20.9 Å². The molecule has 23 heavy (non-hydrogen) atoms. The molecule has 128 valence electrons. The minimum Gasteiger partial charge on any atom is -0.440 e. The summed E-state index contributed by atoms with van der Waals surface area (Å²) in [7, 11) is 0. The van der Waals surface area contributed by atoms with Gasteiger partial charge in [0.1, 0.15) is 0 Å². The summed E-state index contributed by atoms with van der Waals surface area (Å²) in [5, 5.41) is 9.70. The van der Waals surface area contributed by atoms with Crippen LogP contribution in [0.5, 0.6) is 0 Å². The first-order valence-corrected chi connectivity index (χ1v) is 7.21. The second kappa shape index (κ2) is 7.32. The second-order valence-corrected chi connectivity index (χ2v) is 6.33. The van der Waals surface area contributed by atoms with Gasteiger partial charge in [-0.1, -0.05) is 51.1 Å². The molecule has 0 aromatic heterocycles. The van der Waals surface area contributed by atoms with E-state index in [1.54, 1.807) is 20.8 Å². The first-order chi connectivity index (χ1) is 10.6. The molecule has 7 nitrogen and oxygen atoms in total. The molecule has 0 aliphatic rings. The molecule has 1 rings (SSSR count). The van der Waals surface area contributed by atoms with Crippen LogP contribution in [0.4, 0.5) is 9.59 Å². The Morgan fingerprint density at radius 3 is 2.09 bits per heavy atom. The summed E-state index contributed by atoms with van der Waals surface area (Å²) in [4.78, 5) is 22.7. The summed E-state index contributed by atoms with van der Waals surface area (Å²) in [6.45, 7) is 4.82. The average molecular weight is 324 g/mol. The van der Waals surface area contributed by atoms with Gasteiger partial charge in [0.25, 0.3) is 0 Å². The van der Waals surface area contributed by atoms with E-state index in [1.807, 2.05) is 30.3 Å². The van der Waals surface area contributed by atoms with E-state index in [2.05, 4.69) is 0 Å². The molecule has 0 radical (unpaired) electrons. The van der Waals surface area contributed by atoms with Gasteiger partial charge in [-0.2, -0.15) is 0 Å². The Morgan fingerprint density at radius 2 is 1.70 bits per heavy atom. The number of nitrogens with two attached hydrogens (primary N) is 2. The highest BCUT2D eigenvalue weighted by atomic mass is 16.6. The molecule has 1 unspecified atom stereocenters. The molecule has 0 saturated carbocycles. The molecule has 1 aromatic rings. The Labute approximate surface area is 135 Å². The van der Waals surface area contributed by atoms with Crippen LogP contribution in [0.2, 0.25) is 0 Å². The number of hydrogen-bond acceptors (Lipinski definition) is 5. The minimum atomic E-state index is -1.38. The van der Waals surface area contributed by atoms with Gasteiger partial charge in [-0.3, -0.25) is 0 Å². The van der Waals surface area contributed by atoms with E-state index in [0.717, 1.165) is 5.56 Å². The van der Waals surface area contributed by atoms with Crippen LogP contribution in [0, 0.1) is 5.41 Å². The first kappa shape index (κ1) is 18.8. The van der Waals surface area contributed by atoms with Gasteiger partial charge in [-0.15, -0.1) is 0 Å². The van der Waals surface area contributed by atoms with Crippen LogP contribution < -0.4 is 11.5 Å². The quantitative estimate of drug-likeness (QED) is 0.732. The zero-order valence-corrected chi connectivity index (χ0v) is 13.6. The topological polar surface area (TPSA) is 125 Å². The Morgan fingerprint density at radius 1 is 1.13 bits per heavy atom. The van der Waals surface area contributed by atoms with E-state index >= 15 is 0 Å². The van der Waals surface area contributed by atoms with Gasteiger partial charge < -0.3 is 26.0 Å². The SMILES string of the molecule is CC(C)(C)C(Cc1ccccc1)(OC(N)=O)[C@H](CO)OC(N)=O. The number of amides is 2. The number of hydrogen-bond donors (Lipinski definition) is 3. The summed E-state index contributed by atoms with van der Waals surface area (Å²) in [5.41, 5.74) is 9.06. The van der Waals surface area contributed by atoms with E-state index in [-0.39, 0.29) is 6.42 Å². The summed E-state index contributed by atoms with van der Waals surface area (Å²) < 4.78 is 10.4. The fourth-order valence-corrected chi connectivity index (χ4v) is 2.62. The second-order valence-electron chi connectivity index (χ2n) is 6.33. The zero-order valence-electron chi connectivity index (χ0n) is 13.6. The summed E-state index contributed by atoms with van der Waals surface area (Å²) in [6.07, 6.45) is -3.06. The van der Waals surface area contributed by atoms with Gasteiger partial charge in [0, 0.05) is 11.8 Å². The molecule has 0 saturated heterocycles. The number of ether oxygens (including phenoxy) is 2. The van der Waals surface area contributed by atoms with Crippen molar-refractivity contribution in [3.05, 3.63) is 35.9 Å². The zero-order chi connectivity index (χ0) is 17.7. The number of aliphatic hydroxyl groups is 1. The van der Waals surface area contributed by atoms with Crippen LogP contribution in [-0.4, -0.2) is 35.6 Å². The Bertz CT molecular complexity index is 541. The monoisotopic (exact) mass is 324 g/mol. The van der Waals surface area contributed by atoms with Gasteiger partial charge in [0.15, 0.2) is 11.7 Å². The van der Waals surface area contributed by atoms with Crippen molar-refractivity contribution < 1.29 is 24.2 Å². The van der Waals surface area contributed by atoms with Crippen molar-refractivity contribution in [2.24, 2.45) is 16.9 Å². The van der Waals surface area contributed by atoms with Crippen molar-refractivity contribution >= 4 is 12.2 Å². The van der Waals surface area contributed by atoms with Crippen LogP contribution in [0.3, 0.4) is 0 Å². The van der Waals surface area contributed by atoms with Crippen molar-refractivity contribution in [1.82, 2.24) is 0 Å². The van der Waals surface area contributed by atoms with Gasteiger partial charge in [0.2, 0.25) is 0 Å². The molecule has 1 aromatic carbocycles. The maximum Gasteiger partial charge on any atom is 0.405 e. The number of primary amides is 2. The molecular weight excluding hydrogens is 300 g/mol. The van der Waals surface area contributed by atoms with E-state index in [1.165, 1.54) is 0 Å². The first-order valence-electron chi connectivity index (χ1n) is 7.21. The highest BCUT2D eigenvalue weighted by molar-refractivity contribution is 5.66. The normalized spacial score (nSPS) is 15.3. The van der Waals surface area contributed by atoms with E-state index < -0.39 is 35.9 Å². The third kappa shape index (κ3) is 4.59. The number of aliphatic hydroxyl groups excluding tert-OH is 1. The van der Waals surface area contributed by atoms with Crippen molar-refractivity contribution in [2.45, 2.75) is 38.9 Å². The number of carbonyl (C=O) groups is 2. The Hall–Kier alpha value is -2.28. The minimum absolute atomic E-state index is 0.193. The maximum absolute atomic E-state index is 11.5. The highest BCUT2D eigenvalue weighted by Crippen LogP contribution is 2.41. The standard InChI is InChI=1S/C16H24N2O5/c1-15(2,3)16(23-14(18)21,12(10-19)22-13(17)20)9-11-7-5-4-6-8-11/h4-8,12,19H,9-10H2,1-3H3,(H2,17,20)(H2,18,21)/t12-,16?/m0/s1. The summed E-state index contributed by atoms with van der Waals surface area (Å²) >= 11 is 0. The van der Waals surface area contributed by atoms with Crippen molar-refractivity contribution in [3.63, 3.8) is 0 Å². The maximum atomic E-state index is 11.5. The van der Waals surface area contributed by atoms with E-state index in [9.17, 15) is 14.7 Å². The van der Waals surface area contributed by atoms with Crippen LogP contribution >= 0.6 is 0 Å². The predicted molar refractivity (Wildman–Crippen MR) is 84.5 cm³/mol. The molecular formula is C16H24N2O5. The molecule has 0 fully saturated rings. The van der Waals surface area contributed by atoms with Gasteiger partial charge in [0.05, 0.1) is 6.61 Å². The molecule has 2 atom stereocenters. The fourth-order valence-electron chi connectivity index (χ4n) is 2.62. The summed E-state index contributed by atoms with van der Waals surface area (Å²) in [5.74, 6) is 0. The Balaban J connectivity index is 3.39. The van der Waals surface area contributed by atoms with Gasteiger partial charge >= 0.3 is 12.2 Å². The van der Waals surface area contributed by atoms with Crippen LogP contribution in [0.1, 0.15) is 26.3 Å². The molecule has 0 heterocycles. The molecule has 0 aliphatic carbocycles. The predicted octanol–water partition coefficient (Wildman–Crippen LogP) is 1.57. The van der Waals surface area contributed by atoms with Crippen LogP contribution in [0.15, 0.2) is 30.3 Å². The number of carbonyl (C=O) groups excluding carboxylic acids is 2. The third-order valence-corrected chi connectivity index (χ3v) is 3.81. The Kier molecular flexibility index (Phi) is 5.98. The van der Waals surface area contributed by atoms with Crippen molar-refractivity contribution in [3.8, 4) is 0 Å². The molecule has 7 heteroatoms. The summed E-state index contributed by atoms with van der Waals surface area (Å²) in [6, 6.07) is 9.18. The van der Waals surface area contributed by atoms with Gasteiger partial charge in [-0.05, 0) is 5.56 Å². The van der Waals surface area contributed by atoms with Crippen LogP contribution in [0.25, 0.3) is 0 Å². The molecule has 2 amide bonds.